The zero-order valence-electron chi connectivity index (χ0n) is 15.4. The Kier molecular flexibility index (Phi) is 4.71. The number of carbonyl (C=O) groups excluding carboxylic acids is 1. The number of carbonyl (C=O) groups is 1. The molecule has 1 atom stereocenters. The van der Waals surface area contributed by atoms with E-state index in [4.69, 9.17) is 10.7 Å². The first-order valence-electron chi connectivity index (χ1n) is 9.36. The Hall–Kier alpha value is -3.02. The van der Waals surface area contributed by atoms with Gasteiger partial charge < -0.3 is 10.6 Å². The summed E-state index contributed by atoms with van der Waals surface area (Å²) in [6, 6.07) is 14.0. The van der Waals surface area contributed by atoms with Crippen molar-refractivity contribution in [2.24, 2.45) is 0 Å². The van der Waals surface area contributed by atoms with Gasteiger partial charge in [0.1, 0.15) is 11.6 Å². The minimum absolute atomic E-state index is 0.00849. The number of hydrogen-bond acceptors (Lipinski definition) is 5. The molecule has 3 heterocycles. The maximum Gasteiger partial charge on any atom is 0.223 e. The van der Waals surface area contributed by atoms with Crippen molar-refractivity contribution < 1.29 is 4.79 Å². The van der Waals surface area contributed by atoms with Gasteiger partial charge in [0.15, 0.2) is 5.65 Å². The number of hydrogen-bond donors (Lipinski definition) is 1. The van der Waals surface area contributed by atoms with E-state index in [0.717, 1.165) is 36.9 Å². The molecule has 0 spiro atoms. The highest BCUT2D eigenvalue weighted by molar-refractivity contribution is 5.85. The highest BCUT2D eigenvalue weighted by atomic mass is 16.2. The third kappa shape index (κ3) is 3.60. The Labute approximate surface area is 158 Å². The summed E-state index contributed by atoms with van der Waals surface area (Å²) in [5, 5.41) is 0.754. The molecule has 0 saturated carbocycles. The van der Waals surface area contributed by atoms with E-state index in [1.807, 2.05) is 35.2 Å². The second-order valence-corrected chi connectivity index (χ2v) is 6.99. The average molecular weight is 361 g/mol. The monoisotopic (exact) mass is 361 g/mol. The van der Waals surface area contributed by atoms with Crippen LogP contribution in [0, 0.1) is 6.92 Å². The summed E-state index contributed by atoms with van der Waals surface area (Å²) in [5.74, 6) is 1.23. The van der Waals surface area contributed by atoms with Crippen molar-refractivity contribution in [1.82, 2.24) is 19.9 Å². The molecule has 1 aliphatic rings. The number of nitrogens with zero attached hydrogens (tertiary/aromatic N) is 4. The van der Waals surface area contributed by atoms with Gasteiger partial charge in [0, 0.05) is 13.0 Å². The molecule has 138 valence electrons. The van der Waals surface area contributed by atoms with E-state index in [1.54, 1.807) is 6.92 Å². The molecule has 0 unspecified atom stereocenters. The van der Waals surface area contributed by atoms with Crippen molar-refractivity contribution in [2.75, 3.05) is 12.3 Å². The second-order valence-electron chi connectivity index (χ2n) is 6.99. The molecular formula is C21H23N5O. The van der Waals surface area contributed by atoms with Crippen LogP contribution in [0.4, 0.5) is 5.82 Å². The largest absolute Gasteiger partial charge is 0.383 e. The second kappa shape index (κ2) is 7.31. The van der Waals surface area contributed by atoms with Crippen molar-refractivity contribution in [3.8, 4) is 0 Å². The Morgan fingerprint density at radius 3 is 2.78 bits per heavy atom. The number of pyridine rings is 1. The fourth-order valence-corrected chi connectivity index (χ4v) is 3.76. The first kappa shape index (κ1) is 17.4. The van der Waals surface area contributed by atoms with Crippen LogP contribution in [0.3, 0.4) is 0 Å². The topological polar surface area (TPSA) is 85.0 Å². The molecule has 6 nitrogen and oxygen atoms in total. The minimum atomic E-state index is 0.00849. The number of anilines is 1. The quantitative estimate of drug-likeness (QED) is 0.771. The van der Waals surface area contributed by atoms with Crippen molar-refractivity contribution >= 4 is 22.8 Å². The molecule has 0 aliphatic carbocycles. The number of rotatable bonds is 4. The van der Waals surface area contributed by atoms with E-state index in [0.29, 0.717) is 23.7 Å². The first-order chi connectivity index (χ1) is 13.1. The van der Waals surface area contributed by atoms with Crippen LogP contribution in [0.1, 0.15) is 42.4 Å². The Morgan fingerprint density at radius 2 is 1.96 bits per heavy atom. The summed E-state index contributed by atoms with van der Waals surface area (Å²) in [5.41, 5.74) is 8.64. The molecule has 6 heteroatoms. The lowest BCUT2D eigenvalue weighted by atomic mass is 10.1. The van der Waals surface area contributed by atoms with E-state index in [-0.39, 0.29) is 11.9 Å². The molecule has 1 aliphatic heterocycles. The predicted molar refractivity (Wildman–Crippen MR) is 105 cm³/mol. The van der Waals surface area contributed by atoms with E-state index in [1.165, 1.54) is 5.56 Å². The van der Waals surface area contributed by atoms with Gasteiger partial charge in [0.2, 0.25) is 5.91 Å². The van der Waals surface area contributed by atoms with E-state index < -0.39 is 0 Å². The van der Waals surface area contributed by atoms with Gasteiger partial charge in [-0.2, -0.15) is 0 Å². The molecular weight excluding hydrogens is 338 g/mol. The number of aromatic nitrogens is 3. The van der Waals surface area contributed by atoms with Crippen LogP contribution < -0.4 is 5.73 Å². The van der Waals surface area contributed by atoms with Crippen molar-refractivity contribution in [2.45, 2.75) is 38.6 Å². The van der Waals surface area contributed by atoms with E-state index in [2.05, 4.69) is 22.1 Å². The molecule has 27 heavy (non-hydrogen) atoms. The van der Waals surface area contributed by atoms with Gasteiger partial charge in [-0.25, -0.2) is 15.0 Å². The minimum Gasteiger partial charge on any atom is -0.383 e. The smallest absolute Gasteiger partial charge is 0.223 e. The predicted octanol–water partition coefficient (Wildman–Crippen LogP) is 3.21. The van der Waals surface area contributed by atoms with Gasteiger partial charge in [-0.15, -0.1) is 0 Å². The molecule has 2 N–H and O–H groups in total. The normalized spacial score (nSPS) is 16.8. The van der Waals surface area contributed by atoms with Gasteiger partial charge in [0.25, 0.3) is 0 Å². The summed E-state index contributed by atoms with van der Waals surface area (Å²) in [6.45, 7) is 2.59. The third-order valence-corrected chi connectivity index (χ3v) is 5.11. The maximum atomic E-state index is 12.8. The molecule has 1 amide bonds. The van der Waals surface area contributed by atoms with Gasteiger partial charge in [-0.3, -0.25) is 4.79 Å². The molecule has 1 saturated heterocycles. The standard InChI is InChI=1S/C21H23N5O/c1-14-23-20(22)16-10-11-17(25-21(16)24-14)18-8-5-13-26(18)19(27)12-9-15-6-3-2-4-7-15/h2-4,6-7,10-11,18H,5,8-9,12-13H2,1H3,(H2,22,23,24,25)/t18-/m1/s1. The number of benzene rings is 1. The third-order valence-electron chi connectivity index (χ3n) is 5.11. The summed E-state index contributed by atoms with van der Waals surface area (Å²) >= 11 is 0. The summed E-state index contributed by atoms with van der Waals surface area (Å²) < 4.78 is 0. The van der Waals surface area contributed by atoms with Crippen molar-refractivity contribution in [3.63, 3.8) is 0 Å². The number of nitrogen functional groups attached to an aromatic ring is 1. The summed E-state index contributed by atoms with van der Waals surface area (Å²) in [7, 11) is 0. The van der Waals surface area contributed by atoms with Gasteiger partial charge in [0.05, 0.1) is 17.1 Å². The number of aryl methyl sites for hydroxylation is 2. The van der Waals surface area contributed by atoms with Crippen LogP contribution in [0.25, 0.3) is 11.0 Å². The number of amides is 1. The lowest BCUT2D eigenvalue weighted by Crippen LogP contribution is -2.31. The Balaban J connectivity index is 1.54. The average Bonchev–Trinajstić information content (AvgIpc) is 3.16. The Bertz CT molecular complexity index is 973. The molecule has 4 rings (SSSR count). The highest BCUT2D eigenvalue weighted by Crippen LogP contribution is 2.32. The van der Waals surface area contributed by atoms with Crippen LogP contribution in [0.5, 0.6) is 0 Å². The molecule has 1 aromatic carbocycles. The van der Waals surface area contributed by atoms with E-state index >= 15 is 0 Å². The van der Waals surface area contributed by atoms with Crippen LogP contribution in [0.15, 0.2) is 42.5 Å². The van der Waals surface area contributed by atoms with Crippen LogP contribution in [-0.2, 0) is 11.2 Å². The maximum absolute atomic E-state index is 12.8. The zero-order chi connectivity index (χ0) is 18.8. The number of likely N-dealkylation sites (tertiary alicyclic amines) is 1. The number of fused-ring (bicyclic) bond motifs is 1. The lowest BCUT2D eigenvalue weighted by Gasteiger charge is -2.24. The molecule has 0 radical (unpaired) electrons. The molecule has 1 fully saturated rings. The van der Waals surface area contributed by atoms with Crippen molar-refractivity contribution in [3.05, 3.63) is 59.5 Å². The van der Waals surface area contributed by atoms with Gasteiger partial charge in [-0.05, 0) is 43.9 Å². The van der Waals surface area contributed by atoms with Gasteiger partial charge in [-0.1, -0.05) is 30.3 Å². The number of nitrogens with two attached hydrogens (primary N) is 1. The summed E-state index contributed by atoms with van der Waals surface area (Å²) in [4.78, 5) is 28.1. The van der Waals surface area contributed by atoms with Crippen molar-refractivity contribution in [1.29, 1.82) is 0 Å². The molecule has 0 bridgehead atoms. The fourth-order valence-electron chi connectivity index (χ4n) is 3.76. The Morgan fingerprint density at radius 1 is 1.15 bits per heavy atom. The van der Waals surface area contributed by atoms with E-state index in [9.17, 15) is 4.79 Å². The fraction of sp³-hybridized carbons (Fsp3) is 0.333. The molecule has 2 aromatic heterocycles. The van der Waals surface area contributed by atoms with Crippen LogP contribution in [0.2, 0.25) is 0 Å². The summed E-state index contributed by atoms with van der Waals surface area (Å²) in [6.07, 6.45) is 3.20. The lowest BCUT2D eigenvalue weighted by molar-refractivity contribution is -0.132. The van der Waals surface area contributed by atoms with Gasteiger partial charge >= 0.3 is 0 Å². The molecule has 3 aromatic rings. The first-order valence-corrected chi connectivity index (χ1v) is 9.36. The SMILES string of the molecule is Cc1nc(N)c2ccc([C@H]3CCCN3C(=O)CCc3ccccc3)nc2n1. The van der Waals surface area contributed by atoms with Crippen LogP contribution in [-0.4, -0.2) is 32.3 Å². The zero-order valence-corrected chi connectivity index (χ0v) is 15.4. The highest BCUT2D eigenvalue weighted by Gasteiger charge is 2.30. The van der Waals surface area contributed by atoms with Crippen LogP contribution >= 0.6 is 0 Å².